The lowest BCUT2D eigenvalue weighted by Gasteiger charge is -2.29. The molecule has 3 N–H and O–H groups in total. The zero-order valence-corrected chi connectivity index (χ0v) is 11.6. The molecule has 20 heavy (non-hydrogen) atoms. The second kappa shape index (κ2) is 8.49. The Morgan fingerprint density at radius 1 is 1.40 bits per heavy atom. The zero-order chi connectivity index (χ0) is 15.0. The third-order valence-electron chi connectivity index (χ3n) is 3.07. The third-order valence-corrected chi connectivity index (χ3v) is 3.07. The van der Waals surface area contributed by atoms with Crippen molar-refractivity contribution in [3.05, 3.63) is 0 Å². The maximum Gasteiger partial charge on any atom is 0.321 e. The third kappa shape index (κ3) is 5.98. The predicted octanol–water partition coefficient (Wildman–Crippen LogP) is -0.745. The van der Waals surface area contributed by atoms with Gasteiger partial charge in [-0.05, 0) is 19.4 Å². The number of ether oxygens (including phenoxy) is 1. The average molecular weight is 287 g/mol. The summed E-state index contributed by atoms with van der Waals surface area (Å²) in [5.41, 5.74) is 0. The number of urea groups is 1. The number of imide groups is 1. The number of methoxy groups -OCH3 is 1. The van der Waals surface area contributed by atoms with Crippen molar-refractivity contribution in [2.24, 2.45) is 5.92 Å². The van der Waals surface area contributed by atoms with Crippen LogP contribution in [0.2, 0.25) is 0 Å². The van der Waals surface area contributed by atoms with Crippen molar-refractivity contribution in [1.29, 1.82) is 0 Å². The van der Waals surface area contributed by atoms with Gasteiger partial charge in [-0.2, -0.15) is 0 Å². The minimum atomic E-state index is -0.840. The van der Waals surface area contributed by atoms with E-state index in [1.807, 2.05) is 0 Å². The maximum absolute atomic E-state index is 11.6. The van der Waals surface area contributed by atoms with Crippen LogP contribution in [0.15, 0.2) is 0 Å². The molecule has 0 spiro atoms. The van der Waals surface area contributed by atoms with Gasteiger partial charge in [-0.1, -0.05) is 0 Å². The van der Waals surface area contributed by atoms with Crippen molar-refractivity contribution in [2.45, 2.75) is 12.8 Å². The number of carbonyl (C=O) groups is 3. The van der Waals surface area contributed by atoms with Gasteiger partial charge in [-0.3, -0.25) is 19.8 Å². The normalized spacial score (nSPS) is 19.4. The van der Waals surface area contributed by atoms with Crippen molar-refractivity contribution in [1.82, 2.24) is 15.5 Å². The summed E-state index contributed by atoms with van der Waals surface area (Å²) in [6.07, 6.45) is 1.37. The molecule has 0 aromatic carbocycles. The van der Waals surface area contributed by atoms with Crippen LogP contribution in [-0.2, 0) is 14.3 Å². The van der Waals surface area contributed by atoms with Gasteiger partial charge >= 0.3 is 12.0 Å². The fourth-order valence-corrected chi connectivity index (χ4v) is 2.08. The van der Waals surface area contributed by atoms with Gasteiger partial charge in [0.25, 0.3) is 0 Å². The van der Waals surface area contributed by atoms with E-state index in [-0.39, 0.29) is 6.54 Å². The van der Waals surface area contributed by atoms with E-state index in [1.165, 1.54) is 7.11 Å². The molecule has 0 saturated carbocycles. The Bertz CT molecular complexity index is 361. The van der Waals surface area contributed by atoms with Crippen LogP contribution in [-0.4, -0.2) is 67.8 Å². The van der Waals surface area contributed by atoms with Gasteiger partial charge in [0.05, 0.1) is 19.1 Å². The summed E-state index contributed by atoms with van der Waals surface area (Å²) in [6.45, 7) is 1.73. The monoisotopic (exact) mass is 287 g/mol. The molecule has 3 amide bonds. The van der Waals surface area contributed by atoms with E-state index in [1.54, 1.807) is 4.90 Å². The number of hydrogen-bond donors (Lipinski definition) is 3. The number of nitrogens with one attached hydrogen (secondary N) is 2. The van der Waals surface area contributed by atoms with E-state index >= 15 is 0 Å². The Hall–Kier alpha value is -1.67. The summed E-state index contributed by atoms with van der Waals surface area (Å²) in [6, 6.07) is -0.571. The van der Waals surface area contributed by atoms with Crippen LogP contribution in [0.4, 0.5) is 4.79 Å². The van der Waals surface area contributed by atoms with Gasteiger partial charge in [0.2, 0.25) is 5.91 Å². The van der Waals surface area contributed by atoms with E-state index in [0.29, 0.717) is 32.7 Å². The second-order valence-electron chi connectivity index (χ2n) is 4.71. The van der Waals surface area contributed by atoms with E-state index in [0.717, 1.165) is 6.42 Å². The molecule has 1 saturated heterocycles. The van der Waals surface area contributed by atoms with Crippen LogP contribution in [0.25, 0.3) is 0 Å². The van der Waals surface area contributed by atoms with Crippen molar-refractivity contribution >= 4 is 17.9 Å². The molecule has 1 aliphatic heterocycles. The molecule has 1 heterocycles. The molecule has 0 aliphatic carbocycles. The van der Waals surface area contributed by atoms with Crippen LogP contribution >= 0.6 is 0 Å². The molecule has 0 radical (unpaired) electrons. The van der Waals surface area contributed by atoms with Crippen LogP contribution < -0.4 is 10.6 Å². The molecule has 1 fully saturated rings. The minimum absolute atomic E-state index is 0.0292. The molecule has 1 aliphatic rings. The number of likely N-dealkylation sites (tertiary alicyclic amines) is 1. The van der Waals surface area contributed by atoms with E-state index in [9.17, 15) is 14.4 Å². The number of amides is 3. The standard InChI is InChI=1S/C12H21N3O5/c1-20-6-4-13-12(19)14-10(16)8-15-5-2-3-9(7-15)11(17)18/h9H,2-8H2,1H3,(H,17,18)(H2,13,14,16,19). The fourth-order valence-electron chi connectivity index (χ4n) is 2.08. The first kappa shape index (κ1) is 16.4. The molecule has 0 bridgehead atoms. The summed E-state index contributed by atoms with van der Waals surface area (Å²) in [5, 5.41) is 13.6. The van der Waals surface area contributed by atoms with Gasteiger partial charge in [0.15, 0.2) is 0 Å². The number of carboxylic acids is 1. The first-order chi connectivity index (χ1) is 9.52. The molecule has 114 valence electrons. The lowest BCUT2D eigenvalue weighted by atomic mass is 9.98. The molecule has 8 heteroatoms. The zero-order valence-electron chi connectivity index (χ0n) is 11.6. The number of carbonyl (C=O) groups excluding carboxylic acids is 2. The van der Waals surface area contributed by atoms with Gasteiger partial charge in [0, 0.05) is 20.2 Å². The molecule has 0 aromatic heterocycles. The Labute approximate surface area is 117 Å². The average Bonchev–Trinajstić information content (AvgIpc) is 2.39. The molecule has 0 aromatic rings. The van der Waals surface area contributed by atoms with E-state index in [2.05, 4.69) is 10.6 Å². The minimum Gasteiger partial charge on any atom is -0.481 e. The highest BCUT2D eigenvalue weighted by Gasteiger charge is 2.26. The topological polar surface area (TPSA) is 108 Å². The summed E-state index contributed by atoms with van der Waals surface area (Å²) < 4.78 is 4.76. The number of hydrogen-bond acceptors (Lipinski definition) is 5. The van der Waals surface area contributed by atoms with E-state index in [4.69, 9.17) is 9.84 Å². The number of rotatable bonds is 6. The molecular formula is C12H21N3O5. The smallest absolute Gasteiger partial charge is 0.321 e. The maximum atomic E-state index is 11.6. The Morgan fingerprint density at radius 2 is 2.15 bits per heavy atom. The van der Waals surface area contributed by atoms with Gasteiger partial charge in [0.1, 0.15) is 0 Å². The quantitative estimate of drug-likeness (QED) is 0.555. The highest BCUT2D eigenvalue weighted by molar-refractivity contribution is 5.95. The highest BCUT2D eigenvalue weighted by Crippen LogP contribution is 2.15. The number of nitrogens with zero attached hydrogens (tertiary/aromatic N) is 1. The molecule has 1 atom stereocenters. The molecule has 1 unspecified atom stereocenters. The lowest BCUT2D eigenvalue weighted by molar-refractivity contribution is -0.144. The highest BCUT2D eigenvalue weighted by atomic mass is 16.5. The number of piperidine rings is 1. The Kier molecular flexibility index (Phi) is 6.96. The van der Waals surface area contributed by atoms with Crippen molar-refractivity contribution in [3.63, 3.8) is 0 Å². The Balaban J connectivity index is 2.27. The predicted molar refractivity (Wildman–Crippen MR) is 70.2 cm³/mol. The van der Waals surface area contributed by atoms with Crippen molar-refractivity contribution in [3.8, 4) is 0 Å². The number of carboxylic acid groups (broad SMARTS) is 1. The largest absolute Gasteiger partial charge is 0.481 e. The fraction of sp³-hybridized carbons (Fsp3) is 0.750. The number of aliphatic carboxylic acids is 1. The van der Waals surface area contributed by atoms with Crippen LogP contribution in [0.1, 0.15) is 12.8 Å². The molecular weight excluding hydrogens is 266 g/mol. The molecule has 1 rings (SSSR count). The second-order valence-corrected chi connectivity index (χ2v) is 4.71. The summed E-state index contributed by atoms with van der Waals surface area (Å²) in [4.78, 5) is 35.6. The summed E-state index contributed by atoms with van der Waals surface area (Å²) in [5.74, 6) is -1.72. The van der Waals surface area contributed by atoms with Gasteiger partial charge < -0.3 is 15.2 Å². The first-order valence-electron chi connectivity index (χ1n) is 6.54. The SMILES string of the molecule is COCCNC(=O)NC(=O)CN1CCCC(C(=O)O)C1. The Morgan fingerprint density at radius 3 is 2.80 bits per heavy atom. The van der Waals surface area contributed by atoms with Crippen LogP contribution in [0.5, 0.6) is 0 Å². The summed E-state index contributed by atoms with van der Waals surface area (Å²) >= 11 is 0. The molecule has 8 nitrogen and oxygen atoms in total. The van der Waals surface area contributed by atoms with E-state index < -0.39 is 23.8 Å². The van der Waals surface area contributed by atoms with Crippen LogP contribution in [0, 0.1) is 5.92 Å². The van der Waals surface area contributed by atoms with Crippen molar-refractivity contribution < 1.29 is 24.2 Å². The van der Waals surface area contributed by atoms with Gasteiger partial charge in [-0.15, -0.1) is 0 Å². The van der Waals surface area contributed by atoms with Gasteiger partial charge in [-0.25, -0.2) is 4.79 Å². The van der Waals surface area contributed by atoms with Crippen molar-refractivity contribution in [2.75, 3.05) is 39.9 Å². The first-order valence-corrected chi connectivity index (χ1v) is 6.54. The lowest BCUT2D eigenvalue weighted by Crippen LogP contribution is -2.48. The summed E-state index contributed by atoms with van der Waals surface area (Å²) in [7, 11) is 1.51. The van der Waals surface area contributed by atoms with Crippen LogP contribution in [0.3, 0.4) is 0 Å².